The smallest absolute Gasteiger partial charge is 0.317 e. The predicted octanol–water partition coefficient (Wildman–Crippen LogP) is 6.33. The van der Waals surface area contributed by atoms with Crippen molar-refractivity contribution in [2.24, 2.45) is 5.92 Å². The number of amides is 3. The molecule has 2 aliphatic heterocycles. The lowest BCUT2D eigenvalue weighted by atomic mass is 9.72. The molecule has 242 valence electrons. The van der Waals surface area contributed by atoms with E-state index in [0.717, 1.165) is 18.4 Å². The summed E-state index contributed by atoms with van der Waals surface area (Å²) in [7, 11) is 1.64. The van der Waals surface area contributed by atoms with Gasteiger partial charge in [-0.1, -0.05) is 91.3 Å². The Hall–Kier alpha value is -3.10. The molecule has 5 rings (SSSR count). The third kappa shape index (κ3) is 8.20. The van der Waals surface area contributed by atoms with Gasteiger partial charge >= 0.3 is 6.03 Å². The lowest BCUT2D eigenvalue weighted by Crippen LogP contribution is -2.55. The molecule has 2 fully saturated rings. The van der Waals surface area contributed by atoms with Gasteiger partial charge in [0, 0.05) is 49.6 Å². The molecular weight excluding hydrogens is 607 g/mol. The number of carbonyl (C=O) groups excluding carboxylic acids is 2. The van der Waals surface area contributed by atoms with Crippen LogP contribution in [-0.2, 0) is 15.8 Å². The monoisotopic (exact) mass is 652 g/mol. The molecule has 45 heavy (non-hydrogen) atoms. The number of rotatable bonds is 9. The summed E-state index contributed by atoms with van der Waals surface area (Å²) in [5.74, 6) is -0.0879. The second kappa shape index (κ2) is 15.5. The molecule has 3 aromatic carbocycles. The Morgan fingerprint density at radius 2 is 1.44 bits per heavy atom. The minimum Gasteiger partial charge on any atom is -0.385 e. The van der Waals surface area contributed by atoms with Crippen LogP contribution in [0.2, 0.25) is 5.02 Å². The van der Waals surface area contributed by atoms with Gasteiger partial charge in [-0.3, -0.25) is 9.69 Å². The number of urea groups is 1. The van der Waals surface area contributed by atoms with Crippen LogP contribution in [0.5, 0.6) is 0 Å². The van der Waals surface area contributed by atoms with Gasteiger partial charge in [0.05, 0.1) is 11.8 Å². The van der Waals surface area contributed by atoms with E-state index in [9.17, 15) is 14.7 Å². The van der Waals surface area contributed by atoms with Crippen molar-refractivity contribution in [2.45, 2.75) is 62.6 Å². The fourth-order valence-electron chi connectivity index (χ4n) is 6.88. The van der Waals surface area contributed by atoms with E-state index in [0.29, 0.717) is 56.9 Å². The second-order valence-corrected chi connectivity index (χ2v) is 13.0. The lowest BCUT2D eigenvalue weighted by molar-refractivity contribution is -0.129. The van der Waals surface area contributed by atoms with Crippen LogP contribution in [0.25, 0.3) is 0 Å². The molecule has 1 atom stereocenters. The van der Waals surface area contributed by atoms with Crippen LogP contribution < -0.4 is 10.6 Å². The van der Waals surface area contributed by atoms with Crippen LogP contribution in [0.15, 0.2) is 84.9 Å². The molecule has 2 heterocycles. The minimum atomic E-state index is -0.926. The number of halogens is 2. The van der Waals surface area contributed by atoms with E-state index in [1.807, 2.05) is 36.4 Å². The van der Waals surface area contributed by atoms with E-state index < -0.39 is 5.60 Å². The summed E-state index contributed by atoms with van der Waals surface area (Å²) < 4.78 is 0. The molecule has 9 heteroatoms. The van der Waals surface area contributed by atoms with E-state index in [-0.39, 0.29) is 41.8 Å². The van der Waals surface area contributed by atoms with Crippen molar-refractivity contribution in [3.05, 3.63) is 107 Å². The largest absolute Gasteiger partial charge is 0.385 e. The highest BCUT2D eigenvalue weighted by Gasteiger charge is 2.38. The third-order valence-electron chi connectivity index (χ3n) is 9.86. The Kier molecular flexibility index (Phi) is 11.9. The number of hydrogen-bond acceptors (Lipinski definition) is 4. The van der Waals surface area contributed by atoms with Crippen LogP contribution >= 0.6 is 24.0 Å². The number of carbonyl (C=O) groups is 2. The van der Waals surface area contributed by atoms with Gasteiger partial charge < -0.3 is 20.6 Å². The molecule has 3 N–H and O–H groups in total. The first-order valence-corrected chi connectivity index (χ1v) is 16.2. The van der Waals surface area contributed by atoms with Gasteiger partial charge in [-0.05, 0) is 67.3 Å². The fourth-order valence-corrected chi connectivity index (χ4v) is 7.00. The molecule has 0 aliphatic carbocycles. The van der Waals surface area contributed by atoms with Gasteiger partial charge in [0.1, 0.15) is 0 Å². The first-order valence-electron chi connectivity index (χ1n) is 15.8. The van der Waals surface area contributed by atoms with Gasteiger partial charge in [0.25, 0.3) is 0 Å². The molecule has 3 amide bonds. The molecule has 0 saturated carbocycles. The van der Waals surface area contributed by atoms with Crippen molar-refractivity contribution in [1.29, 1.82) is 0 Å². The van der Waals surface area contributed by atoms with Crippen molar-refractivity contribution < 1.29 is 14.7 Å². The van der Waals surface area contributed by atoms with Gasteiger partial charge in [0.2, 0.25) is 5.91 Å². The first-order chi connectivity index (χ1) is 21.2. The molecule has 3 aromatic rings. The Morgan fingerprint density at radius 1 is 0.911 bits per heavy atom. The molecule has 1 unspecified atom stereocenters. The fraction of sp³-hybridized carbons (Fsp3) is 0.444. The maximum absolute atomic E-state index is 13.7. The zero-order chi connectivity index (χ0) is 31.2. The standard InChI is InChI=1S/C36H45ClN4O3.ClH/c1-35(28-9-5-3-6-10-28,29-11-7-4-8-12-29)20-17-32(39-33(42)27-18-23-41(24-19-27)34(43)38-2)40-25-21-36(44,22-26-40)30-13-15-31(37)16-14-30;/h3-16,27,32,44H,17-26H2,1-2H3,(H,38,43)(H,39,42);1H. The van der Waals surface area contributed by atoms with E-state index >= 15 is 0 Å². The third-order valence-corrected chi connectivity index (χ3v) is 10.1. The lowest BCUT2D eigenvalue weighted by Gasteiger charge is -2.43. The highest BCUT2D eigenvalue weighted by Crippen LogP contribution is 2.38. The van der Waals surface area contributed by atoms with Gasteiger partial charge in [-0.2, -0.15) is 0 Å². The van der Waals surface area contributed by atoms with E-state index in [1.165, 1.54) is 11.1 Å². The van der Waals surface area contributed by atoms with E-state index in [1.54, 1.807) is 11.9 Å². The highest BCUT2D eigenvalue weighted by molar-refractivity contribution is 6.30. The summed E-state index contributed by atoms with van der Waals surface area (Å²) in [6.45, 7) is 4.75. The summed E-state index contributed by atoms with van der Waals surface area (Å²) >= 11 is 6.11. The van der Waals surface area contributed by atoms with Crippen molar-refractivity contribution in [2.75, 3.05) is 33.2 Å². The van der Waals surface area contributed by atoms with E-state index in [2.05, 4.69) is 71.0 Å². The quantitative estimate of drug-likeness (QED) is 0.252. The number of aliphatic hydroxyl groups is 1. The maximum Gasteiger partial charge on any atom is 0.317 e. The summed E-state index contributed by atoms with van der Waals surface area (Å²) in [5, 5.41) is 18.3. The van der Waals surface area contributed by atoms with Crippen molar-refractivity contribution in [3.8, 4) is 0 Å². The summed E-state index contributed by atoms with van der Waals surface area (Å²) in [4.78, 5) is 29.9. The Morgan fingerprint density at radius 3 is 1.96 bits per heavy atom. The zero-order valence-electron chi connectivity index (χ0n) is 26.3. The average Bonchev–Trinajstić information content (AvgIpc) is 3.07. The molecule has 0 radical (unpaired) electrons. The summed E-state index contributed by atoms with van der Waals surface area (Å²) in [6.07, 6.45) is 3.84. The van der Waals surface area contributed by atoms with Gasteiger partial charge in [-0.15, -0.1) is 12.4 Å². The van der Waals surface area contributed by atoms with Gasteiger partial charge in [-0.25, -0.2) is 4.79 Å². The minimum absolute atomic E-state index is 0. The molecule has 2 aliphatic rings. The number of hydrogen-bond donors (Lipinski definition) is 3. The number of nitrogens with zero attached hydrogens (tertiary/aromatic N) is 2. The number of nitrogens with one attached hydrogen (secondary N) is 2. The van der Waals surface area contributed by atoms with Crippen LogP contribution in [-0.4, -0.2) is 66.2 Å². The highest BCUT2D eigenvalue weighted by atomic mass is 35.5. The second-order valence-electron chi connectivity index (χ2n) is 12.5. The predicted molar refractivity (Wildman–Crippen MR) is 183 cm³/mol. The molecule has 0 aromatic heterocycles. The normalized spacial score (nSPS) is 18.0. The number of benzene rings is 3. The Labute approximate surface area is 278 Å². The van der Waals surface area contributed by atoms with Crippen molar-refractivity contribution >= 4 is 35.9 Å². The average molecular weight is 654 g/mol. The van der Waals surface area contributed by atoms with Crippen LogP contribution in [0.3, 0.4) is 0 Å². The molecular formula is C36H46Cl2N4O3. The molecule has 0 bridgehead atoms. The Balaban J connectivity index is 0.00000461. The number of piperidine rings is 2. The summed E-state index contributed by atoms with van der Waals surface area (Å²) in [6, 6.07) is 28.6. The topological polar surface area (TPSA) is 84.9 Å². The SMILES string of the molecule is CNC(=O)N1CCC(C(=O)NC(CCC(C)(c2ccccc2)c2ccccc2)N2CCC(O)(c3ccc(Cl)cc3)CC2)CC1.Cl. The number of likely N-dealkylation sites (tertiary alicyclic amines) is 2. The van der Waals surface area contributed by atoms with Gasteiger partial charge in [0.15, 0.2) is 0 Å². The van der Waals surface area contributed by atoms with Crippen LogP contribution in [0.1, 0.15) is 62.1 Å². The molecule has 2 saturated heterocycles. The maximum atomic E-state index is 13.7. The van der Waals surface area contributed by atoms with Crippen molar-refractivity contribution in [1.82, 2.24) is 20.4 Å². The van der Waals surface area contributed by atoms with Crippen molar-refractivity contribution in [3.63, 3.8) is 0 Å². The molecule has 7 nitrogen and oxygen atoms in total. The first kappa shape index (κ1) is 34.8. The zero-order valence-corrected chi connectivity index (χ0v) is 27.8. The molecule has 0 spiro atoms. The van der Waals surface area contributed by atoms with Crippen LogP contribution in [0.4, 0.5) is 4.79 Å². The Bertz CT molecular complexity index is 1330. The van der Waals surface area contributed by atoms with Crippen LogP contribution in [0, 0.1) is 5.92 Å². The summed E-state index contributed by atoms with van der Waals surface area (Å²) in [5.41, 5.74) is 2.20. The van der Waals surface area contributed by atoms with E-state index in [4.69, 9.17) is 11.6 Å².